The highest BCUT2D eigenvalue weighted by Gasteiger charge is 2.58. The van der Waals surface area contributed by atoms with Crippen molar-refractivity contribution < 1.29 is 18.7 Å². The van der Waals surface area contributed by atoms with E-state index in [4.69, 9.17) is 0 Å². The summed E-state index contributed by atoms with van der Waals surface area (Å²) < 4.78 is 28.7. The molecule has 1 heterocycles. The smallest absolute Gasteiger partial charge is 0.352 e. The second-order valence-electron chi connectivity index (χ2n) is 5.90. The zero-order valence-corrected chi connectivity index (χ0v) is 12.0. The van der Waals surface area contributed by atoms with Gasteiger partial charge in [-0.25, -0.2) is 0 Å². The number of halogens is 2. The molecule has 0 radical (unpaired) electrons. The average molecular weight is 308 g/mol. The van der Waals surface area contributed by atoms with E-state index >= 15 is 0 Å². The number of aromatic nitrogens is 1. The van der Waals surface area contributed by atoms with E-state index in [1.165, 1.54) is 0 Å². The fraction of sp³-hybridized carbons (Fsp3) is 0.438. The van der Waals surface area contributed by atoms with Crippen LogP contribution in [0.2, 0.25) is 0 Å². The second-order valence-corrected chi connectivity index (χ2v) is 5.90. The third kappa shape index (κ3) is 2.47. The average Bonchev–Trinajstić information content (AvgIpc) is 2.95. The van der Waals surface area contributed by atoms with Crippen LogP contribution in [0.4, 0.5) is 14.5 Å². The number of rotatable bonds is 3. The van der Waals surface area contributed by atoms with Gasteiger partial charge in [0.1, 0.15) is 5.60 Å². The van der Waals surface area contributed by atoms with Crippen molar-refractivity contribution in [1.29, 1.82) is 0 Å². The lowest BCUT2D eigenvalue weighted by molar-refractivity contribution is -0.196. The first-order chi connectivity index (χ1) is 10.4. The van der Waals surface area contributed by atoms with E-state index < -0.39 is 17.4 Å². The summed E-state index contributed by atoms with van der Waals surface area (Å²) in [6.45, 7) is 0. The Bertz CT molecular complexity index is 690. The van der Waals surface area contributed by atoms with Gasteiger partial charge in [0, 0.05) is 17.4 Å². The monoisotopic (exact) mass is 308 g/mol. The minimum atomic E-state index is -3.81. The Morgan fingerprint density at radius 2 is 1.95 bits per heavy atom. The summed E-state index contributed by atoms with van der Waals surface area (Å²) in [5, 5.41) is 13.3. The number of carbonyl (C=O) groups is 1. The number of benzene rings is 1. The summed E-state index contributed by atoms with van der Waals surface area (Å²) in [5.41, 5.74) is -1.22. The van der Waals surface area contributed by atoms with Crippen molar-refractivity contribution in [1.82, 2.24) is 4.98 Å². The molecule has 3 rings (SSSR count). The summed E-state index contributed by atoms with van der Waals surface area (Å²) >= 11 is 0. The van der Waals surface area contributed by atoms with Gasteiger partial charge in [0.2, 0.25) is 0 Å². The number of hydrogen-bond donors (Lipinski definition) is 3. The van der Waals surface area contributed by atoms with Crippen molar-refractivity contribution >= 4 is 22.5 Å². The van der Waals surface area contributed by atoms with Crippen molar-refractivity contribution in [2.75, 3.05) is 5.32 Å². The van der Waals surface area contributed by atoms with Crippen molar-refractivity contribution in [3.05, 3.63) is 30.5 Å². The van der Waals surface area contributed by atoms with Gasteiger partial charge in [-0.1, -0.05) is 25.3 Å². The number of hydrogen-bond acceptors (Lipinski definition) is 2. The van der Waals surface area contributed by atoms with Gasteiger partial charge in [-0.2, -0.15) is 8.78 Å². The van der Waals surface area contributed by atoms with Gasteiger partial charge in [0.25, 0.3) is 5.91 Å². The van der Waals surface area contributed by atoms with Gasteiger partial charge in [-0.05, 0) is 36.4 Å². The number of alkyl halides is 2. The molecule has 0 spiro atoms. The van der Waals surface area contributed by atoms with Crippen LogP contribution in [0.25, 0.3) is 10.9 Å². The van der Waals surface area contributed by atoms with Crippen LogP contribution < -0.4 is 5.32 Å². The fourth-order valence-electron chi connectivity index (χ4n) is 3.00. The number of fused-ring (bicyclic) bond motifs is 1. The van der Waals surface area contributed by atoms with E-state index in [2.05, 4.69) is 10.3 Å². The SMILES string of the molecule is O=C(Nc1ccc2cc[nH]c2c1)C(F)(F)C1(O)CCCCC1. The number of nitrogens with one attached hydrogen (secondary N) is 2. The molecule has 1 fully saturated rings. The van der Waals surface area contributed by atoms with Gasteiger partial charge in [-0.3, -0.25) is 4.79 Å². The van der Waals surface area contributed by atoms with Crippen LogP contribution >= 0.6 is 0 Å². The molecule has 118 valence electrons. The summed E-state index contributed by atoms with van der Waals surface area (Å²) in [6, 6.07) is 6.73. The minimum Gasteiger partial charge on any atom is -0.383 e. The molecule has 0 unspecified atom stereocenters. The van der Waals surface area contributed by atoms with Gasteiger partial charge in [0.05, 0.1) is 0 Å². The molecule has 4 nitrogen and oxygen atoms in total. The molecule has 1 saturated carbocycles. The zero-order chi connectivity index (χ0) is 15.8. The van der Waals surface area contributed by atoms with Crippen LogP contribution in [0.15, 0.2) is 30.5 Å². The van der Waals surface area contributed by atoms with Crippen LogP contribution in [0.3, 0.4) is 0 Å². The maximum atomic E-state index is 14.4. The Labute approximate surface area is 126 Å². The fourth-order valence-corrected chi connectivity index (χ4v) is 3.00. The zero-order valence-electron chi connectivity index (χ0n) is 12.0. The number of aliphatic hydroxyl groups is 1. The molecule has 1 aromatic carbocycles. The van der Waals surface area contributed by atoms with E-state index in [1.54, 1.807) is 24.4 Å². The molecule has 0 bridgehead atoms. The Morgan fingerprint density at radius 3 is 2.68 bits per heavy atom. The quantitative estimate of drug-likeness (QED) is 0.813. The highest BCUT2D eigenvalue weighted by atomic mass is 19.3. The molecule has 2 aromatic rings. The predicted molar refractivity (Wildman–Crippen MR) is 79.9 cm³/mol. The first-order valence-corrected chi connectivity index (χ1v) is 7.41. The summed E-state index contributed by atoms with van der Waals surface area (Å²) in [7, 11) is 0. The molecular weight excluding hydrogens is 290 g/mol. The molecule has 1 aliphatic rings. The Balaban J connectivity index is 1.80. The van der Waals surface area contributed by atoms with Gasteiger partial charge >= 0.3 is 5.92 Å². The molecular formula is C16H18F2N2O2. The molecule has 22 heavy (non-hydrogen) atoms. The van der Waals surface area contributed by atoms with Crippen molar-refractivity contribution in [2.24, 2.45) is 0 Å². The number of carbonyl (C=O) groups excluding carboxylic acids is 1. The second kappa shape index (κ2) is 5.35. The molecule has 3 N–H and O–H groups in total. The molecule has 1 aliphatic carbocycles. The maximum absolute atomic E-state index is 14.4. The van der Waals surface area contributed by atoms with Gasteiger partial charge in [-0.15, -0.1) is 0 Å². The van der Waals surface area contributed by atoms with Crippen LogP contribution in [-0.2, 0) is 4.79 Å². The van der Waals surface area contributed by atoms with Crippen LogP contribution in [0.5, 0.6) is 0 Å². The maximum Gasteiger partial charge on any atom is 0.352 e. The van der Waals surface area contributed by atoms with Crippen LogP contribution in [0, 0.1) is 0 Å². The summed E-state index contributed by atoms with van der Waals surface area (Å²) in [4.78, 5) is 14.9. The molecule has 0 saturated heterocycles. The molecule has 0 aliphatic heterocycles. The highest BCUT2D eigenvalue weighted by Crippen LogP contribution is 2.41. The van der Waals surface area contributed by atoms with Gasteiger partial charge < -0.3 is 15.4 Å². The number of anilines is 1. The van der Waals surface area contributed by atoms with Crippen LogP contribution in [-0.4, -0.2) is 27.5 Å². The Hall–Kier alpha value is -1.95. The van der Waals surface area contributed by atoms with E-state index in [0.717, 1.165) is 17.3 Å². The number of H-pyrrole nitrogens is 1. The molecule has 0 atom stereocenters. The first kappa shape index (κ1) is 15.0. The van der Waals surface area contributed by atoms with Crippen molar-refractivity contribution in [3.8, 4) is 0 Å². The molecule has 6 heteroatoms. The van der Waals surface area contributed by atoms with Gasteiger partial charge in [0.15, 0.2) is 0 Å². The molecule has 1 amide bonds. The van der Waals surface area contributed by atoms with E-state index in [1.807, 2.05) is 6.07 Å². The summed E-state index contributed by atoms with van der Waals surface area (Å²) in [5.74, 6) is -5.26. The standard InChI is InChI=1S/C16H18F2N2O2/c17-16(18,15(22)7-2-1-3-8-15)14(21)20-12-5-4-11-6-9-19-13(11)10-12/h4-6,9-10,19,22H,1-3,7-8H2,(H,20,21). The lowest BCUT2D eigenvalue weighted by Crippen LogP contribution is -2.56. The van der Waals surface area contributed by atoms with Crippen LogP contribution in [0.1, 0.15) is 32.1 Å². The lowest BCUT2D eigenvalue weighted by Gasteiger charge is -2.37. The largest absolute Gasteiger partial charge is 0.383 e. The number of aromatic amines is 1. The third-order valence-corrected chi connectivity index (χ3v) is 4.36. The summed E-state index contributed by atoms with van der Waals surface area (Å²) in [6.07, 6.45) is 3.45. The lowest BCUT2D eigenvalue weighted by atomic mass is 9.79. The third-order valence-electron chi connectivity index (χ3n) is 4.36. The number of amides is 1. The normalized spacial score (nSPS) is 18.3. The van der Waals surface area contributed by atoms with E-state index in [9.17, 15) is 18.7 Å². The van der Waals surface area contributed by atoms with Crippen molar-refractivity contribution in [2.45, 2.75) is 43.6 Å². The van der Waals surface area contributed by atoms with Crippen molar-refractivity contribution in [3.63, 3.8) is 0 Å². The Kier molecular flexibility index (Phi) is 3.64. The molecule has 1 aromatic heterocycles. The van der Waals surface area contributed by atoms with E-state index in [0.29, 0.717) is 12.8 Å². The Morgan fingerprint density at radius 1 is 1.23 bits per heavy atom. The minimum absolute atomic E-state index is 0.0525. The predicted octanol–water partition coefficient (Wildman–Crippen LogP) is 3.44. The highest BCUT2D eigenvalue weighted by molar-refractivity contribution is 5.98. The topological polar surface area (TPSA) is 65.1 Å². The van der Waals surface area contributed by atoms with E-state index in [-0.39, 0.29) is 18.5 Å². The first-order valence-electron chi connectivity index (χ1n) is 7.41.